The fourth-order valence-electron chi connectivity index (χ4n) is 8.18. The molecule has 8 nitrogen and oxygen atoms in total. The van der Waals surface area contributed by atoms with Gasteiger partial charge in [0.2, 0.25) is 0 Å². The first-order valence-electron chi connectivity index (χ1n) is 11.6. The molecule has 0 N–H and O–H groups in total. The van der Waals surface area contributed by atoms with E-state index in [9.17, 15) is 9.59 Å². The Morgan fingerprint density at radius 3 is 2.61 bits per heavy atom. The van der Waals surface area contributed by atoms with E-state index in [0.717, 1.165) is 44.9 Å². The van der Waals surface area contributed by atoms with Crippen LogP contribution < -0.4 is 0 Å². The van der Waals surface area contributed by atoms with Crippen molar-refractivity contribution in [3.63, 3.8) is 0 Å². The minimum atomic E-state index is -0.704. The maximum absolute atomic E-state index is 13.0. The van der Waals surface area contributed by atoms with E-state index >= 15 is 0 Å². The third-order valence-electron chi connectivity index (χ3n) is 9.37. The molecule has 0 amide bonds. The molecule has 8 atom stereocenters. The lowest BCUT2D eigenvalue weighted by Crippen LogP contribution is -2.76. The van der Waals surface area contributed by atoms with E-state index in [0.29, 0.717) is 13.0 Å². The molecule has 0 unspecified atom stereocenters. The lowest BCUT2D eigenvalue weighted by atomic mass is 9.41. The van der Waals surface area contributed by atoms with Crippen molar-refractivity contribution in [2.75, 3.05) is 20.3 Å². The third-order valence-corrected chi connectivity index (χ3v) is 9.37. The Labute approximate surface area is 182 Å². The van der Waals surface area contributed by atoms with E-state index in [4.69, 9.17) is 28.4 Å². The molecule has 0 aromatic heterocycles. The lowest BCUT2D eigenvalue weighted by Gasteiger charge is -2.67. The molecule has 4 heterocycles. The number of rotatable bonds is 2. The third kappa shape index (κ3) is 2.40. The quantitative estimate of drug-likeness (QED) is 0.482. The molecule has 0 aromatic carbocycles. The van der Waals surface area contributed by atoms with Crippen LogP contribution in [0, 0.1) is 16.7 Å². The van der Waals surface area contributed by atoms with E-state index in [2.05, 4.69) is 0 Å². The van der Waals surface area contributed by atoms with Crippen molar-refractivity contribution in [2.45, 2.75) is 94.6 Å². The van der Waals surface area contributed by atoms with E-state index in [1.54, 1.807) is 7.11 Å². The molecular weight excluding hydrogens is 404 g/mol. The van der Waals surface area contributed by atoms with Crippen LogP contribution >= 0.6 is 0 Å². The summed E-state index contributed by atoms with van der Waals surface area (Å²) in [7, 11) is 1.66. The first kappa shape index (κ1) is 20.4. The minimum Gasteiger partial charge on any atom is -0.465 e. The maximum atomic E-state index is 13.0. The van der Waals surface area contributed by atoms with Crippen molar-refractivity contribution in [1.29, 1.82) is 0 Å². The van der Waals surface area contributed by atoms with Gasteiger partial charge >= 0.3 is 11.9 Å². The van der Waals surface area contributed by atoms with Crippen LogP contribution in [-0.2, 0) is 38.0 Å². The predicted octanol–water partition coefficient (Wildman–Crippen LogP) is 2.47. The average molecular weight is 437 g/mol. The van der Waals surface area contributed by atoms with Gasteiger partial charge in [-0.05, 0) is 26.2 Å². The molecule has 4 aliphatic heterocycles. The van der Waals surface area contributed by atoms with Crippen LogP contribution in [0.1, 0.15) is 65.2 Å². The predicted molar refractivity (Wildman–Crippen MR) is 105 cm³/mol. The monoisotopic (exact) mass is 436 g/mol. The van der Waals surface area contributed by atoms with Crippen LogP contribution in [-0.4, -0.2) is 61.6 Å². The number of epoxide rings is 1. The number of ether oxygens (including phenoxy) is 6. The molecule has 6 fully saturated rings. The Morgan fingerprint density at radius 2 is 1.94 bits per heavy atom. The SMILES string of the molecule is CO[C@H]1CC[C@]2(CC[C@@]3(O2)[C@]2(CO2)C[C@@H](OC(C)=O)[C@@H]2[C@]34CCC[C@]2(C)C(=O)OC4)O1. The second-order valence-electron chi connectivity index (χ2n) is 10.8. The molecule has 2 saturated carbocycles. The van der Waals surface area contributed by atoms with E-state index in [1.165, 1.54) is 6.92 Å². The van der Waals surface area contributed by atoms with E-state index in [1.807, 2.05) is 6.92 Å². The summed E-state index contributed by atoms with van der Waals surface area (Å²) in [5.74, 6) is -1.36. The highest BCUT2D eigenvalue weighted by Crippen LogP contribution is 2.74. The molecule has 0 aromatic rings. The van der Waals surface area contributed by atoms with Crippen LogP contribution in [0.5, 0.6) is 0 Å². The molecule has 6 rings (SSSR count). The van der Waals surface area contributed by atoms with Gasteiger partial charge in [0.15, 0.2) is 12.1 Å². The number of carbonyl (C=O) groups excluding carboxylic acids is 2. The Morgan fingerprint density at radius 1 is 1.13 bits per heavy atom. The highest BCUT2D eigenvalue weighted by atomic mass is 16.8. The zero-order chi connectivity index (χ0) is 21.7. The van der Waals surface area contributed by atoms with Gasteiger partial charge in [-0.15, -0.1) is 0 Å². The van der Waals surface area contributed by atoms with Crippen LogP contribution in [0.2, 0.25) is 0 Å². The van der Waals surface area contributed by atoms with Crippen LogP contribution in [0.3, 0.4) is 0 Å². The maximum Gasteiger partial charge on any atom is 0.312 e. The second-order valence-corrected chi connectivity index (χ2v) is 10.8. The number of methoxy groups -OCH3 is 1. The van der Waals surface area contributed by atoms with E-state index < -0.39 is 27.8 Å². The van der Waals surface area contributed by atoms with Crippen LogP contribution in [0.25, 0.3) is 0 Å². The highest BCUT2D eigenvalue weighted by Gasteiger charge is 2.84. The molecule has 2 bridgehead atoms. The average Bonchev–Trinajstić information content (AvgIpc) is 3.23. The van der Waals surface area contributed by atoms with E-state index in [-0.39, 0.29) is 36.9 Å². The molecule has 6 aliphatic rings. The standard InChI is InChI=1S/C23H32O8/c1-14(24)29-15-11-21(13-28-21)23(10-9-22(31-23)8-5-16(26-3)30-22)20-7-4-6-19(2,17(15)20)18(25)27-12-20/h15-17H,4-13H2,1-3H3/t15-,16-,17+,19+,20-,21-,22+,23+/m1/s1. The Balaban J connectivity index is 1.47. The van der Waals surface area contributed by atoms with Gasteiger partial charge in [0, 0.05) is 51.0 Å². The van der Waals surface area contributed by atoms with Gasteiger partial charge in [-0.1, -0.05) is 6.42 Å². The number of esters is 2. The number of hydrogen-bond donors (Lipinski definition) is 0. The summed E-state index contributed by atoms with van der Waals surface area (Å²) in [5.41, 5.74) is -2.35. The smallest absolute Gasteiger partial charge is 0.312 e. The van der Waals surface area contributed by atoms with Gasteiger partial charge in [-0.3, -0.25) is 9.59 Å². The zero-order valence-corrected chi connectivity index (χ0v) is 18.6. The molecule has 8 heteroatoms. The van der Waals surface area contributed by atoms with Gasteiger partial charge in [-0.2, -0.15) is 0 Å². The fourth-order valence-corrected chi connectivity index (χ4v) is 8.18. The van der Waals surface area contributed by atoms with Gasteiger partial charge in [0.05, 0.1) is 12.0 Å². The Kier molecular flexibility index (Phi) is 4.09. The van der Waals surface area contributed by atoms with Crippen molar-refractivity contribution in [3.05, 3.63) is 0 Å². The minimum absolute atomic E-state index is 0.163. The molecule has 2 aliphatic carbocycles. The van der Waals surface area contributed by atoms with Gasteiger partial charge in [0.25, 0.3) is 0 Å². The van der Waals surface area contributed by atoms with Crippen molar-refractivity contribution >= 4 is 11.9 Å². The van der Waals surface area contributed by atoms with Crippen LogP contribution in [0.15, 0.2) is 0 Å². The van der Waals surface area contributed by atoms with Crippen molar-refractivity contribution in [1.82, 2.24) is 0 Å². The summed E-state index contributed by atoms with van der Waals surface area (Å²) >= 11 is 0. The fraction of sp³-hybridized carbons (Fsp3) is 0.913. The van der Waals surface area contributed by atoms with Crippen molar-refractivity contribution < 1.29 is 38.0 Å². The normalized spacial score (nSPS) is 54.8. The molecule has 31 heavy (non-hydrogen) atoms. The highest BCUT2D eigenvalue weighted by molar-refractivity contribution is 5.79. The number of cyclic esters (lactones) is 1. The molecule has 4 saturated heterocycles. The first-order valence-corrected chi connectivity index (χ1v) is 11.6. The Hall–Kier alpha value is -1.22. The molecular formula is C23H32O8. The topological polar surface area (TPSA) is 92.8 Å². The summed E-state index contributed by atoms with van der Waals surface area (Å²) in [6, 6.07) is 0. The summed E-state index contributed by atoms with van der Waals surface area (Å²) in [6.07, 6.45) is 5.48. The molecule has 0 radical (unpaired) electrons. The van der Waals surface area contributed by atoms with Gasteiger partial charge in [-0.25, -0.2) is 0 Å². The van der Waals surface area contributed by atoms with Crippen molar-refractivity contribution in [3.8, 4) is 0 Å². The number of carbonyl (C=O) groups is 2. The summed E-state index contributed by atoms with van der Waals surface area (Å²) < 4.78 is 36.8. The van der Waals surface area contributed by atoms with Crippen molar-refractivity contribution in [2.24, 2.45) is 16.7 Å². The number of fused-ring (bicyclic) bond motifs is 1. The lowest BCUT2D eigenvalue weighted by molar-refractivity contribution is -0.349. The number of hydrogen-bond acceptors (Lipinski definition) is 8. The van der Waals surface area contributed by atoms with Crippen LogP contribution in [0.4, 0.5) is 0 Å². The van der Waals surface area contributed by atoms with Gasteiger partial charge in [0.1, 0.15) is 23.9 Å². The summed E-state index contributed by atoms with van der Waals surface area (Å²) in [5, 5.41) is 0. The molecule has 172 valence electrons. The molecule has 3 spiro atoms. The summed E-state index contributed by atoms with van der Waals surface area (Å²) in [6.45, 7) is 4.27. The zero-order valence-electron chi connectivity index (χ0n) is 18.6. The Bertz CT molecular complexity index is 824. The van der Waals surface area contributed by atoms with Gasteiger partial charge < -0.3 is 28.4 Å². The largest absolute Gasteiger partial charge is 0.465 e. The second kappa shape index (κ2) is 6.22. The summed E-state index contributed by atoms with van der Waals surface area (Å²) in [4.78, 5) is 25.1. The first-order chi connectivity index (χ1) is 14.7.